The number of hydrogen-bond acceptors (Lipinski definition) is 9. The molecule has 1 aliphatic rings. The third kappa shape index (κ3) is 5.91. The second-order valence-electron chi connectivity index (χ2n) is 7.17. The van der Waals surface area contributed by atoms with Crippen LogP contribution in [-0.2, 0) is 41.6 Å². The van der Waals surface area contributed by atoms with Crippen molar-refractivity contribution in [2.24, 2.45) is 0 Å². The van der Waals surface area contributed by atoms with E-state index in [2.05, 4.69) is 4.74 Å². The van der Waals surface area contributed by atoms with Gasteiger partial charge in [-0.25, -0.2) is 14.4 Å². The number of benzene rings is 1. The van der Waals surface area contributed by atoms with Crippen LogP contribution in [0.3, 0.4) is 0 Å². The first-order valence-electron chi connectivity index (χ1n) is 9.97. The maximum absolute atomic E-state index is 12.6. The molecule has 1 heterocycles. The van der Waals surface area contributed by atoms with Crippen LogP contribution in [0.5, 0.6) is 11.5 Å². The van der Waals surface area contributed by atoms with E-state index in [-0.39, 0.29) is 30.8 Å². The van der Waals surface area contributed by atoms with Gasteiger partial charge < -0.3 is 28.8 Å². The number of methoxy groups -OCH3 is 3. The van der Waals surface area contributed by atoms with Crippen LogP contribution in [0.1, 0.15) is 46.8 Å². The van der Waals surface area contributed by atoms with Gasteiger partial charge in [-0.05, 0) is 32.3 Å². The lowest BCUT2D eigenvalue weighted by Crippen LogP contribution is -2.16. The highest BCUT2D eigenvalue weighted by Crippen LogP contribution is 2.43. The molecule has 0 fully saturated rings. The van der Waals surface area contributed by atoms with E-state index in [1.807, 2.05) is 0 Å². The van der Waals surface area contributed by atoms with Gasteiger partial charge in [0.2, 0.25) is 5.76 Å². The number of carboxylic acid groups (broad SMARTS) is 1. The van der Waals surface area contributed by atoms with Crippen LogP contribution in [0.4, 0.5) is 0 Å². The van der Waals surface area contributed by atoms with Crippen molar-refractivity contribution in [1.82, 2.24) is 0 Å². The van der Waals surface area contributed by atoms with Crippen LogP contribution in [0.25, 0.3) is 0 Å². The van der Waals surface area contributed by atoms with Gasteiger partial charge in [0.05, 0.1) is 27.4 Å². The molecule has 0 aliphatic carbocycles. The summed E-state index contributed by atoms with van der Waals surface area (Å²) in [5.74, 6) is -3.50. The number of carbonyl (C=O) groups is 4. The summed E-state index contributed by atoms with van der Waals surface area (Å²) in [5, 5.41) is 8.91. The average molecular weight is 462 g/mol. The second-order valence-corrected chi connectivity index (χ2v) is 7.17. The van der Waals surface area contributed by atoms with E-state index in [1.54, 1.807) is 19.9 Å². The van der Waals surface area contributed by atoms with E-state index in [0.29, 0.717) is 28.9 Å². The van der Waals surface area contributed by atoms with Crippen LogP contribution in [0.2, 0.25) is 0 Å². The van der Waals surface area contributed by atoms with E-state index in [9.17, 15) is 19.2 Å². The van der Waals surface area contributed by atoms with Gasteiger partial charge in [-0.1, -0.05) is 11.6 Å². The lowest BCUT2D eigenvalue weighted by Gasteiger charge is -2.20. The molecule has 2 rings (SSSR count). The first-order valence-corrected chi connectivity index (χ1v) is 9.97. The second kappa shape index (κ2) is 11.2. The van der Waals surface area contributed by atoms with Crippen molar-refractivity contribution in [3.8, 4) is 11.5 Å². The monoisotopic (exact) mass is 462 g/mol. The van der Waals surface area contributed by atoms with Crippen LogP contribution >= 0.6 is 0 Å². The van der Waals surface area contributed by atoms with Crippen LogP contribution < -0.4 is 9.47 Å². The van der Waals surface area contributed by atoms with E-state index in [0.717, 1.165) is 25.9 Å². The van der Waals surface area contributed by atoms with Crippen molar-refractivity contribution < 1.29 is 48.0 Å². The maximum atomic E-state index is 12.6. The quantitative estimate of drug-likeness (QED) is 0.182. The SMILES string of the molecule is COC(=O)/C=C(/Oc1c(C/C=C(\C)CCC(=O)O)c(OC)c(C)c2c1C(=O)OC2)C(=O)OC. The number of allylic oxidation sites excluding steroid dienone is 2. The first-order chi connectivity index (χ1) is 15.6. The minimum atomic E-state index is -0.959. The molecule has 0 radical (unpaired) electrons. The normalized spacial score (nSPS) is 13.2. The van der Waals surface area contributed by atoms with Crippen molar-refractivity contribution in [1.29, 1.82) is 0 Å². The van der Waals surface area contributed by atoms with Crippen LogP contribution in [-0.4, -0.2) is 50.3 Å². The van der Waals surface area contributed by atoms with Crippen molar-refractivity contribution in [3.63, 3.8) is 0 Å². The fraction of sp³-hybridized carbons (Fsp3) is 0.391. The van der Waals surface area contributed by atoms with Crippen molar-refractivity contribution in [3.05, 3.63) is 45.7 Å². The van der Waals surface area contributed by atoms with E-state index in [1.165, 1.54) is 7.11 Å². The Bertz CT molecular complexity index is 1030. The molecule has 1 aliphatic heterocycles. The summed E-state index contributed by atoms with van der Waals surface area (Å²) in [6, 6.07) is 0. The minimum Gasteiger partial charge on any atom is -0.496 e. The Morgan fingerprint density at radius 3 is 2.36 bits per heavy atom. The van der Waals surface area contributed by atoms with Crippen molar-refractivity contribution >= 4 is 23.9 Å². The lowest BCUT2D eigenvalue weighted by atomic mass is 9.94. The zero-order valence-electron chi connectivity index (χ0n) is 19.1. The molecule has 0 unspecified atom stereocenters. The van der Waals surface area contributed by atoms with Gasteiger partial charge in [0.1, 0.15) is 23.7 Å². The van der Waals surface area contributed by atoms with Gasteiger partial charge in [-0.15, -0.1) is 0 Å². The smallest absolute Gasteiger partial charge is 0.374 e. The van der Waals surface area contributed by atoms with E-state index < -0.39 is 29.6 Å². The molecule has 178 valence electrons. The summed E-state index contributed by atoms with van der Waals surface area (Å²) in [4.78, 5) is 47.4. The highest BCUT2D eigenvalue weighted by Gasteiger charge is 2.34. The number of carbonyl (C=O) groups excluding carboxylic acids is 3. The number of esters is 3. The summed E-state index contributed by atoms with van der Waals surface area (Å²) in [6.07, 6.45) is 3.07. The molecule has 0 amide bonds. The molecule has 1 N–H and O–H groups in total. The molecule has 0 saturated heterocycles. The minimum absolute atomic E-state index is 0.00521. The van der Waals surface area contributed by atoms with Crippen molar-refractivity contribution in [2.75, 3.05) is 21.3 Å². The Hall–Kier alpha value is -3.82. The van der Waals surface area contributed by atoms with Crippen molar-refractivity contribution in [2.45, 2.75) is 39.7 Å². The number of rotatable bonds is 10. The summed E-state index contributed by atoms with van der Waals surface area (Å²) in [5.41, 5.74) is 2.52. The number of aliphatic carboxylic acids is 1. The molecular formula is C23H26O10. The predicted octanol–water partition coefficient (Wildman–Crippen LogP) is 2.64. The summed E-state index contributed by atoms with van der Waals surface area (Å²) in [7, 11) is 3.70. The van der Waals surface area contributed by atoms with Gasteiger partial charge in [-0.2, -0.15) is 0 Å². The van der Waals surface area contributed by atoms with Gasteiger partial charge in [0, 0.05) is 17.5 Å². The third-order valence-electron chi connectivity index (χ3n) is 5.06. The highest BCUT2D eigenvalue weighted by atomic mass is 16.6. The lowest BCUT2D eigenvalue weighted by molar-refractivity contribution is -0.140. The van der Waals surface area contributed by atoms with E-state index in [4.69, 9.17) is 24.1 Å². The molecule has 1 aromatic carbocycles. The molecule has 0 atom stereocenters. The number of carboxylic acids is 1. The number of cyclic esters (lactones) is 1. The molecular weight excluding hydrogens is 436 g/mol. The van der Waals surface area contributed by atoms with Gasteiger partial charge in [0.25, 0.3) is 0 Å². The Kier molecular flexibility index (Phi) is 8.61. The van der Waals surface area contributed by atoms with Gasteiger partial charge in [0.15, 0.2) is 0 Å². The fourth-order valence-electron chi connectivity index (χ4n) is 3.31. The fourth-order valence-corrected chi connectivity index (χ4v) is 3.31. The Morgan fingerprint density at radius 1 is 1.09 bits per heavy atom. The molecule has 33 heavy (non-hydrogen) atoms. The largest absolute Gasteiger partial charge is 0.496 e. The number of ether oxygens (including phenoxy) is 5. The highest BCUT2D eigenvalue weighted by molar-refractivity contribution is 5.99. The zero-order valence-corrected chi connectivity index (χ0v) is 19.1. The molecule has 0 saturated carbocycles. The zero-order chi connectivity index (χ0) is 24.7. The maximum Gasteiger partial charge on any atom is 0.374 e. The molecule has 0 bridgehead atoms. The Morgan fingerprint density at radius 2 is 1.79 bits per heavy atom. The third-order valence-corrected chi connectivity index (χ3v) is 5.06. The number of fused-ring (bicyclic) bond motifs is 1. The first kappa shape index (κ1) is 25.4. The molecule has 0 aromatic heterocycles. The summed E-state index contributed by atoms with van der Waals surface area (Å²) in [6.45, 7) is 3.54. The number of hydrogen-bond donors (Lipinski definition) is 1. The Labute approximate surface area is 190 Å². The molecule has 1 aromatic rings. The topological polar surface area (TPSA) is 135 Å². The average Bonchev–Trinajstić information content (AvgIpc) is 3.18. The Balaban J connectivity index is 2.67. The molecule has 10 heteroatoms. The van der Waals surface area contributed by atoms with Crippen LogP contribution in [0, 0.1) is 6.92 Å². The molecule has 0 spiro atoms. The summed E-state index contributed by atoms with van der Waals surface area (Å²) >= 11 is 0. The summed E-state index contributed by atoms with van der Waals surface area (Å²) < 4.78 is 25.8. The van der Waals surface area contributed by atoms with Crippen LogP contribution in [0.15, 0.2) is 23.5 Å². The standard InChI is InChI=1S/C23H26O10/c1-12(7-9-17(24)25)6-8-14-20(30-4)13(2)15-11-32-23(28)19(15)21(14)33-16(22(27)31-5)10-18(26)29-3/h6,10H,7-9,11H2,1-5H3,(H,24,25)/b12-6+,16-10+. The van der Waals surface area contributed by atoms with E-state index >= 15 is 0 Å². The molecule has 10 nitrogen and oxygen atoms in total. The predicted molar refractivity (Wildman–Crippen MR) is 114 cm³/mol. The van der Waals surface area contributed by atoms with Gasteiger partial charge >= 0.3 is 23.9 Å². The van der Waals surface area contributed by atoms with Gasteiger partial charge in [-0.3, -0.25) is 4.79 Å².